The molecule has 4 rings (SSSR count). The molecule has 7 heteroatoms. The molecule has 2 radical (unpaired) electrons. The van der Waals surface area contributed by atoms with Gasteiger partial charge in [0.05, 0.1) is 12.2 Å². The maximum absolute atomic E-state index is 12.2. The monoisotopic (exact) mass is 283 g/mol. The van der Waals surface area contributed by atoms with Gasteiger partial charge in [-0.3, -0.25) is 4.79 Å². The van der Waals surface area contributed by atoms with Crippen LogP contribution in [0.2, 0.25) is 0 Å². The van der Waals surface area contributed by atoms with Gasteiger partial charge in [-0.25, -0.2) is 9.67 Å². The molecule has 1 aliphatic carbocycles. The van der Waals surface area contributed by atoms with Crippen LogP contribution in [-0.2, 0) is 0 Å². The van der Waals surface area contributed by atoms with Gasteiger partial charge in [0.15, 0.2) is 13.6 Å². The SMILES string of the molecule is [B]N1CC(c2nc3c(cnn3C3CCCCC3)c(=O)[nH]2)C1. The van der Waals surface area contributed by atoms with Crippen molar-refractivity contribution in [3.8, 4) is 0 Å². The molecule has 0 atom stereocenters. The fourth-order valence-corrected chi connectivity index (χ4v) is 3.42. The number of aromatic nitrogens is 4. The zero-order chi connectivity index (χ0) is 14.4. The number of nitrogens with one attached hydrogen (secondary N) is 1. The molecule has 1 saturated carbocycles. The van der Waals surface area contributed by atoms with Gasteiger partial charge >= 0.3 is 0 Å². The molecule has 0 unspecified atom stereocenters. The lowest BCUT2D eigenvalue weighted by atomic mass is 9.95. The summed E-state index contributed by atoms with van der Waals surface area (Å²) < 4.78 is 1.96. The largest absolute Gasteiger partial charge is 0.352 e. The molecule has 1 N–H and O–H groups in total. The van der Waals surface area contributed by atoms with E-state index in [1.54, 1.807) is 11.0 Å². The third-order valence-corrected chi connectivity index (χ3v) is 4.70. The van der Waals surface area contributed by atoms with Gasteiger partial charge < -0.3 is 9.79 Å². The van der Waals surface area contributed by atoms with Gasteiger partial charge in [-0.15, -0.1) is 0 Å². The summed E-state index contributed by atoms with van der Waals surface area (Å²) in [5, 5.41) is 5.03. The Morgan fingerprint density at radius 2 is 2.00 bits per heavy atom. The van der Waals surface area contributed by atoms with Crippen molar-refractivity contribution in [1.29, 1.82) is 0 Å². The van der Waals surface area contributed by atoms with Crippen molar-refractivity contribution in [1.82, 2.24) is 24.6 Å². The summed E-state index contributed by atoms with van der Waals surface area (Å²) in [6, 6.07) is 0.380. The topological polar surface area (TPSA) is 66.8 Å². The van der Waals surface area contributed by atoms with Crippen LogP contribution in [0.15, 0.2) is 11.0 Å². The predicted octanol–water partition coefficient (Wildman–Crippen LogP) is 1.11. The molecule has 2 aromatic heterocycles. The normalized spacial score (nSPS) is 21.7. The summed E-state index contributed by atoms with van der Waals surface area (Å²) in [6.45, 7) is 1.48. The van der Waals surface area contributed by atoms with Gasteiger partial charge in [0.2, 0.25) is 0 Å². The van der Waals surface area contributed by atoms with Crippen molar-refractivity contribution in [2.75, 3.05) is 13.1 Å². The second kappa shape index (κ2) is 4.98. The Morgan fingerprint density at radius 1 is 1.24 bits per heavy atom. The van der Waals surface area contributed by atoms with E-state index in [4.69, 9.17) is 13.0 Å². The maximum atomic E-state index is 12.2. The third-order valence-electron chi connectivity index (χ3n) is 4.70. The fourth-order valence-electron chi connectivity index (χ4n) is 3.42. The van der Waals surface area contributed by atoms with Crippen LogP contribution in [0.4, 0.5) is 0 Å². The van der Waals surface area contributed by atoms with Crippen molar-refractivity contribution < 1.29 is 0 Å². The summed E-state index contributed by atoms with van der Waals surface area (Å²) >= 11 is 0. The number of hydrogen-bond acceptors (Lipinski definition) is 4. The molecule has 2 aromatic rings. The Morgan fingerprint density at radius 3 is 2.71 bits per heavy atom. The summed E-state index contributed by atoms with van der Waals surface area (Å²) in [7, 11) is 5.68. The highest BCUT2D eigenvalue weighted by molar-refractivity contribution is 6.05. The minimum absolute atomic E-state index is 0.0902. The lowest BCUT2D eigenvalue weighted by molar-refractivity contribution is 0.267. The first-order valence-corrected chi connectivity index (χ1v) is 7.69. The zero-order valence-corrected chi connectivity index (χ0v) is 12.0. The van der Waals surface area contributed by atoms with Gasteiger partial charge in [-0.2, -0.15) is 5.10 Å². The summed E-state index contributed by atoms with van der Waals surface area (Å²) in [6.07, 6.45) is 7.65. The van der Waals surface area contributed by atoms with Crippen LogP contribution in [0.5, 0.6) is 0 Å². The van der Waals surface area contributed by atoms with E-state index in [0.717, 1.165) is 37.4 Å². The van der Waals surface area contributed by atoms with Crippen molar-refractivity contribution in [2.45, 2.75) is 44.1 Å². The molecule has 0 aromatic carbocycles. The smallest absolute Gasteiger partial charge is 0.262 e. The first-order chi connectivity index (χ1) is 10.2. The predicted molar refractivity (Wildman–Crippen MR) is 80.3 cm³/mol. The lowest BCUT2D eigenvalue weighted by Gasteiger charge is -2.36. The molecular formula is C14H18BN5O. The van der Waals surface area contributed by atoms with Crippen LogP contribution in [0.3, 0.4) is 0 Å². The quantitative estimate of drug-likeness (QED) is 0.838. The van der Waals surface area contributed by atoms with Gasteiger partial charge in [0, 0.05) is 5.92 Å². The van der Waals surface area contributed by atoms with E-state index in [2.05, 4.69) is 10.1 Å². The Hall–Kier alpha value is -1.63. The van der Waals surface area contributed by atoms with E-state index in [1.807, 2.05) is 4.68 Å². The third kappa shape index (κ3) is 2.20. The highest BCUT2D eigenvalue weighted by atomic mass is 16.1. The first-order valence-electron chi connectivity index (χ1n) is 7.69. The second-order valence-electron chi connectivity index (χ2n) is 6.22. The number of fused-ring (bicyclic) bond motifs is 1. The first kappa shape index (κ1) is 13.1. The highest BCUT2D eigenvalue weighted by Gasteiger charge is 2.28. The Bertz CT molecular complexity index is 712. The van der Waals surface area contributed by atoms with Crippen molar-refractivity contribution in [3.63, 3.8) is 0 Å². The molecule has 1 aliphatic heterocycles. The lowest BCUT2D eigenvalue weighted by Crippen LogP contribution is -2.44. The number of nitrogens with zero attached hydrogens (tertiary/aromatic N) is 4. The Balaban J connectivity index is 1.76. The number of H-pyrrole nitrogens is 1. The molecule has 108 valence electrons. The van der Waals surface area contributed by atoms with Gasteiger partial charge in [0.25, 0.3) is 5.56 Å². The zero-order valence-electron chi connectivity index (χ0n) is 12.0. The van der Waals surface area contributed by atoms with E-state index in [9.17, 15) is 4.79 Å². The van der Waals surface area contributed by atoms with Crippen LogP contribution in [0, 0.1) is 0 Å². The number of aromatic amines is 1. The maximum Gasteiger partial charge on any atom is 0.262 e. The molecule has 6 nitrogen and oxygen atoms in total. The van der Waals surface area contributed by atoms with E-state index in [0.29, 0.717) is 11.4 Å². The fraction of sp³-hybridized carbons (Fsp3) is 0.643. The van der Waals surface area contributed by atoms with E-state index >= 15 is 0 Å². The van der Waals surface area contributed by atoms with Crippen LogP contribution in [0.25, 0.3) is 11.0 Å². The van der Waals surface area contributed by atoms with Crippen molar-refractivity contribution >= 4 is 19.0 Å². The molecule has 0 bridgehead atoms. The summed E-state index contributed by atoms with van der Waals surface area (Å²) in [5.41, 5.74) is 0.642. The minimum Gasteiger partial charge on any atom is -0.352 e. The molecule has 3 heterocycles. The Labute approximate surface area is 124 Å². The standard InChI is InChI=1S/C14H18BN5O/c15-19-7-9(8-19)12-17-13-11(14(21)18-12)6-16-20(13)10-4-2-1-3-5-10/h6,9-10H,1-5,7-8H2,(H,17,18,21). The molecule has 0 amide bonds. The van der Waals surface area contributed by atoms with Crippen LogP contribution >= 0.6 is 0 Å². The van der Waals surface area contributed by atoms with Crippen LogP contribution < -0.4 is 5.56 Å². The number of rotatable bonds is 2. The molecule has 1 saturated heterocycles. The summed E-state index contributed by atoms with van der Waals surface area (Å²) in [4.78, 5) is 21.5. The van der Waals surface area contributed by atoms with Crippen LogP contribution in [0.1, 0.15) is 49.9 Å². The van der Waals surface area contributed by atoms with Crippen molar-refractivity contribution in [2.24, 2.45) is 0 Å². The van der Waals surface area contributed by atoms with E-state index in [-0.39, 0.29) is 11.5 Å². The summed E-state index contributed by atoms with van der Waals surface area (Å²) in [5.74, 6) is 0.966. The second-order valence-corrected chi connectivity index (χ2v) is 6.22. The molecule has 21 heavy (non-hydrogen) atoms. The van der Waals surface area contributed by atoms with Gasteiger partial charge in [-0.05, 0) is 25.9 Å². The van der Waals surface area contributed by atoms with Crippen LogP contribution in [-0.4, -0.2) is 45.6 Å². The molecular weight excluding hydrogens is 265 g/mol. The van der Waals surface area contributed by atoms with Crippen molar-refractivity contribution in [3.05, 3.63) is 22.4 Å². The van der Waals surface area contributed by atoms with Gasteiger partial charge in [-0.1, -0.05) is 19.3 Å². The average Bonchev–Trinajstić information content (AvgIpc) is 2.89. The molecule has 2 fully saturated rings. The van der Waals surface area contributed by atoms with E-state index < -0.39 is 0 Å². The Kier molecular flexibility index (Phi) is 3.10. The molecule has 2 aliphatic rings. The molecule has 0 spiro atoms. The van der Waals surface area contributed by atoms with Gasteiger partial charge in [0.1, 0.15) is 11.2 Å². The average molecular weight is 283 g/mol. The minimum atomic E-state index is -0.0902. The highest BCUT2D eigenvalue weighted by Crippen LogP contribution is 2.30. The van der Waals surface area contributed by atoms with E-state index in [1.165, 1.54) is 19.3 Å². The number of hydrogen-bond donors (Lipinski definition) is 1.